The summed E-state index contributed by atoms with van der Waals surface area (Å²) in [5.41, 5.74) is 3.92. The van der Waals surface area contributed by atoms with Gasteiger partial charge in [-0.05, 0) is 43.3 Å². The van der Waals surface area contributed by atoms with Crippen LogP contribution in [0.15, 0.2) is 66.3 Å². The van der Waals surface area contributed by atoms with E-state index in [1.165, 1.54) is 11.8 Å². The van der Waals surface area contributed by atoms with Gasteiger partial charge in [0.15, 0.2) is 5.16 Å². The summed E-state index contributed by atoms with van der Waals surface area (Å²) in [4.78, 5) is 19.8. The zero-order chi connectivity index (χ0) is 20.9. The topological polar surface area (TPSA) is 59.4 Å². The summed E-state index contributed by atoms with van der Waals surface area (Å²) in [6, 6.07) is 16.0. The third kappa shape index (κ3) is 4.52. The number of ether oxygens (including phenoxy) is 1. The van der Waals surface area contributed by atoms with Gasteiger partial charge in [0.05, 0.1) is 29.5 Å². The van der Waals surface area contributed by atoms with Crippen LogP contribution in [0.25, 0.3) is 11.0 Å². The molecule has 0 aliphatic carbocycles. The molecule has 1 atom stereocenters. The van der Waals surface area contributed by atoms with Gasteiger partial charge in [-0.2, -0.15) is 0 Å². The highest BCUT2D eigenvalue weighted by atomic mass is 32.2. The molecule has 2 heterocycles. The number of allylic oxidation sites excluding steroid dienone is 1. The second kappa shape index (κ2) is 9.36. The Balaban J connectivity index is 1.42. The molecule has 1 saturated heterocycles. The van der Waals surface area contributed by atoms with Crippen LogP contribution >= 0.6 is 11.8 Å². The van der Waals surface area contributed by atoms with Gasteiger partial charge in [-0.1, -0.05) is 30.0 Å². The van der Waals surface area contributed by atoms with Crippen LogP contribution in [0.1, 0.15) is 6.92 Å². The van der Waals surface area contributed by atoms with E-state index >= 15 is 0 Å². The predicted octanol–water partition coefficient (Wildman–Crippen LogP) is 4.18. The van der Waals surface area contributed by atoms with Gasteiger partial charge < -0.3 is 19.5 Å². The Labute approximate surface area is 180 Å². The minimum absolute atomic E-state index is 0.0451. The van der Waals surface area contributed by atoms with Crippen molar-refractivity contribution in [1.29, 1.82) is 0 Å². The number of benzene rings is 2. The van der Waals surface area contributed by atoms with Crippen molar-refractivity contribution < 1.29 is 9.53 Å². The fourth-order valence-electron chi connectivity index (χ4n) is 3.48. The molecule has 30 heavy (non-hydrogen) atoms. The van der Waals surface area contributed by atoms with E-state index in [0.717, 1.165) is 53.9 Å². The predicted molar refractivity (Wildman–Crippen MR) is 123 cm³/mol. The van der Waals surface area contributed by atoms with E-state index in [9.17, 15) is 4.79 Å². The molecule has 1 aliphatic heterocycles. The van der Waals surface area contributed by atoms with Crippen LogP contribution in [0, 0.1) is 0 Å². The summed E-state index contributed by atoms with van der Waals surface area (Å²) in [5, 5.41) is 3.55. The third-order valence-electron chi connectivity index (χ3n) is 5.09. The molecule has 3 aromatic rings. The molecule has 0 bridgehead atoms. The molecule has 4 rings (SSSR count). The summed E-state index contributed by atoms with van der Waals surface area (Å²) in [7, 11) is 0. The molecule has 1 aliphatic rings. The summed E-state index contributed by atoms with van der Waals surface area (Å²) in [5.74, 6) is -0.0451. The number of morpholine rings is 1. The zero-order valence-electron chi connectivity index (χ0n) is 17.1. The molecule has 0 unspecified atom stereocenters. The number of anilines is 2. The number of rotatable bonds is 7. The van der Waals surface area contributed by atoms with Crippen LogP contribution in [0.4, 0.5) is 11.4 Å². The highest BCUT2D eigenvalue weighted by Gasteiger charge is 2.19. The molecule has 0 radical (unpaired) electrons. The SMILES string of the molecule is C=CCn1c(S[C@@H](C)C(=O)Nc2ccc(N3CCOCC3)cc2)nc2ccccc21. The fraction of sp³-hybridized carbons (Fsp3) is 0.304. The number of hydrogen-bond acceptors (Lipinski definition) is 5. The number of para-hydroxylation sites is 2. The Bertz CT molecular complexity index is 1030. The van der Waals surface area contributed by atoms with Crippen molar-refractivity contribution in [3.63, 3.8) is 0 Å². The smallest absolute Gasteiger partial charge is 0.237 e. The summed E-state index contributed by atoms with van der Waals surface area (Å²) in [6.07, 6.45) is 1.85. The van der Waals surface area contributed by atoms with Crippen molar-refractivity contribution in [3.8, 4) is 0 Å². The Morgan fingerprint density at radius 1 is 1.23 bits per heavy atom. The highest BCUT2D eigenvalue weighted by molar-refractivity contribution is 8.00. The number of amides is 1. The molecular weight excluding hydrogens is 396 g/mol. The van der Waals surface area contributed by atoms with Crippen LogP contribution in [-0.4, -0.2) is 47.0 Å². The standard InChI is InChI=1S/C23H26N4O2S/c1-3-12-27-21-7-5-4-6-20(21)25-23(27)30-17(2)22(28)24-18-8-10-19(11-9-18)26-13-15-29-16-14-26/h3-11,17H,1,12-16H2,2H3,(H,24,28)/t17-/m0/s1. The van der Waals surface area contributed by atoms with Gasteiger partial charge in [-0.15, -0.1) is 6.58 Å². The van der Waals surface area contributed by atoms with Crippen molar-refractivity contribution in [3.05, 3.63) is 61.2 Å². The van der Waals surface area contributed by atoms with E-state index in [0.29, 0.717) is 6.54 Å². The Morgan fingerprint density at radius 2 is 1.97 bits per heavy atom. The molecule has 1 amide bonds. The van der Waals surface area contributed by atoms with E-state index in [1.54, 1.807) is 0 Å². The maximum atomic E-state index is 12.8. The van der Waals surface area contributed by atoms with E-state index in [4.69, 9.17) is 9.72 Å². The molecule has 1 N–H and O–H groups in total. The highest BCUT2D eigenvalue weighted by Crippen LogP contribution is 2.28. The Morgan fingerprint density at radius 3 is 2.70 bits per heavy atom. The maximum Gasteiger partial charge on any atom is 0.237 e. The van der Waals surface area contributed by atoms with E-state index in [1.807, 2.05) is 61.5 Å². The van der Waals surface area contributed by atoms with Crippen molar-refractivity contribution in [1.82, 2.24) is 9.55 Å². The van der Waals surface area contributed by atoms with Gasteiger partial charge in [0, 0.05) is 31.0 Å². The maximum absolute atomic E-state index is 12.8. The normalized spacial score (nSPS) is 15.2. The summed E-state index contributed by atoms with van der Waals surface area (Å²) >= 11 is 1.46. The van der Waals surface area contributed by atoms with Gasteiger partial charge in [-0.25, -0.2) is 4.98 Å². The molecule has 7 heteroatoms. The Kier molecular flexibility index (Phi) is 6.40. The number of aromatic nitrogens is 2. The monoisotopic (exact) mass is 422 g/mol. The van der Waals surface area contributed by atoms with Gasteiger partial charge in [0.2, 0.25) is 5.91 Å². The fourth-order valence-corrected chi connectivity index (χ4v) is 4.41. The van der Waals surface area contributed by atoms with Crippen molar-refractivity contribution in [2.45, 2.75) is 23.9 Å². The van der Waals surface area contributed by atoms with Crippen molar-refractivity contribution in [2.24, 2.45) is 0 Å². The van der Waals surface area contributed by atoms with Crippen molar-refractivity contribution >= 4 is 40.1 Å². The van der Waals surface area contributed by atoms with Gasteiger partial charge in [-0.3, -0.25) is 4.79 Å². The van der Waals surface area contributed by atoms with E-state index in [2.05, 4.69) is 21.4 Å². The third-order valence-corrected chi connectivity index (χ3v) is 6.18. The van der Waals surface area contributed by atoms with Crippen LogP contribution in [0.2, 0.25) is 0 Å². The second-order valence-corrected chi connectivity index (χ2v) is 8.49. The lowest BCUT2D eigenvalue weighted by Gasteiger charge is -2.28. The second-order valence-electron chi connectivity index (χ2n) is 7.18. The number of hydrogen-bond donors (Lipinski definition) is 1. The van der Waals surface area contributed by atoms with Crippen LogP contribution in [0.3, 0.4) is 0 Å². The van der Waals surface area contributed by atoms with Crippen LogP contribution < -0.4 is 10.2 Å². The summed E-state index contributed by atoms with van der Waals surface area (Å²) < 4.78 is 7.49. The zero-order valence-corrected chi connectivity index (χ0v) is 17.9. The number of thioether (sulfide) groups is 1. The lowest BCUT2D eigenvalue weighted by molar-refractivity contribution is -0.115. The van der Waals surface area contributed by atoms with Crippen molar-refractivity contribution in [2.75, 3.05) is 36.5 Å². The molecule has 2 aromatic carbocycles. The molecular formula is C23H26N4O2S. The summed E-state index contributed by atoms with van der Waals surface area (Å²) in [6.45, 7) is 9.70. The minimum atomic E-state index is -0.288. The lowest BCUT2D eigenvalue weighted by Crippen LogP contribution is -2.36. The average molecular weight is 423 g/mol. The molecule has 156 valence electrons. The molecule has 0 saturated carbocycles. The quantitative estimate of drug-likeness (QED) is 0.457. The number of fused-ring (bicyclic) bond motifs is 1. The first-order chi connectivity index (χ1) is 14.7. The number of carbonyl (C=O) groups excluding carboxylic acids is 1. The molecule has 1 aromatic heterocycles. The van der Waals surface area contributed by atoms with E-state index in [-0.39, 0.29) is 11.2 Å². The molecule has 6 nitrogen and oxygen atoms in total. The first-order valence-electron chi connectivity index (χ1n) is 10.1. The largest absolute Gasteiger partial charge is 0.378 e. The first-order valence-corrected chi connectivity index (χ1v) is 11.0. The molecule has 1 fully saturated rings. The lowest BCUT2D eigenvalue weighted by atomic mass is 10.2. The van der Waals surface area contributed by atoms with Gasteiger partial charge in [0.1, 0.15) is 0 Å². The van der Waals surface area contributed by atoms with Crippen LogP contribution in [-0.2, 0) is 16.1 Å². The number of imidazole rings is 1. The van der Waals surface area contributed by atoms with Gasteiger partial charge >= 0.3 is 0 Å². The number of nitrogens with zero attached hydrogens (tertiary/aromatic N) is 3. The minimum Gasteiger partial charge on any atom is -0.378 e. The molecule has 0 spiro atoms. The van der Waals surface area contributed by atoms with Crippen LogP contribution in [0.5, 0.6) is 0 Å². The number of nitrogens with one attached hydrogen (secondary N) is 1. The Hall–Kier alpha value is -2.77. The number of carbonyl (C=O) groups is 1. The van der Waals surface area contributed by atoms with Gasteiger partial charge in [0.25, 0.3) is 0 Å². The average Bonchev–Trinajstić information content (AvgIpc) is 3.12. The van der Waals surface area contributed by atoms with E-state index < -0.39 is 0 Å². The first kappa shape index (κ1) is 20.5.